The van der Waals surface area contributed by atoms with Gasteiger partial charge in [-0.15, -0.1) is 0 Å². The van der Waals surface area contributed by atoms with E-state index in [2.05, 4.69) is 64.4 Å². The van der Waals surface area contributed by atoms with Gasteiger partial charge in [0.1, 0.15) is 0 Å². The minimum Gasteiger partial charge on any atom is -0.478 e. The summed E-state index contributed by atoms with van der Waals surface area (Å²) in [4.78, 5) is 13.9. The summed E-state index contributed by atoms with van der Waals surface area (Å²) >= 11 is 0. The van der Waals surface area contributed by atoms with Gasteiger partial charge >= 0.3 is 5.97 Å². The average molecular weight is 691 g/mol. The van der Waals surface area contributed by atoms with Gasteiger partial charge in [0, 0.05) is 31.7 Å². The first kappa shape index (κ1) is 35.4. The van der Waals surface area contributed by atoms with E-state index in [-0.39, 0.29) is 27.2 Å². The number of hydrogen-bond donors (Lipinski definition) is 2. The monoisotopic (exact) mass is 690 g/mol. The molecule has 0 spiro atoms. The van der Waals surface area contributed by atoms with E-state index in [1.165, 1.54) is 68.1 Å². The van der Waals surface area contributed by atoms with E-state index in [9.17, 15) is 18.3 Å². The van der Waals surface area contributed by atoms with E-state index >= 15 is 0 Å². The van der Waals surface area contributed by atoms with Crippen molar-refractivity contribution < 1.29 is 18.3 Å². The van der Waals surface area contributed by atoms with Gasteiger partial charge in [-0.25, -0.2) is 13.2 Å². The quantitative estimate of drug-likeness (QED) is 0.281. The van der Waals surface area contributed by atoms with Crippen molar-refractivity contribution in [3.05, 3.63) is 53.6 Å². The van der Waals surface area contributed by atoms with Gasteiger partial charge in [0.05, 0.1) is 17.1 Å². The number of carboxylic acid groups (broad SMARTS) is 1. The highest BCUT2D eigenvalue weighted by Gasteiger charge is 2.70. The number of rotatable bonds is 7. The topological polar surface area (TPSA) is 86.7 Å². The predicted octanol–water partition coefficient (Wildman–Crippen LogP) is 8.11. The Balaban J connectivity index is 1.15. The lowest BCUT2D eigenvalue weighted by Crippen LogP contribution is -2.68. The van der Waals surface area contributed by atoms with Crippen LogP contribution in [-0.2, 0) is 9.84 Å². The minimum atomic E-state index is -2.86. The largest absolute Gasteiger partial charge is 0.478 e. The van der Waals surface area contributed by atoms with Gasteiger partial charge in [-0.2, -0.15) is 0 Å². The fraction of sp³-hybridized carbons (Fsp3) is 0.738. The average Bonchev–Trinajstić information content (AvgIpc) is 3.42. The molecule has 5 fully saturated rings. The predicted molar refractivity (Wildman–Crippen MR) is 199 cm³/mol. The number of benzene rings is 1. The van der Waals surface area contributed by atoms with Crippen LogP contribution in [0.15, 0.2) is 42.5 Å². The Morgan fingerprint density at radius 1 is 0.918 bits per heavy atom. The zero-order valence-corrected chi connectivity index (χ0v) is 31.9. The second-order valence-electron chi connectivity index (χ2n) is 18.7. The molecule has 1 heterocycles. The first-order valence-electron chi connectivity index (χ1n) is 19.4. The maximum atomic E-state index is 12.0. The van der Waals surface area contributed by atoms with Gasteiger partial charge in [0.2, 0.25) is 0 Å². The zero-order chi connectivity index (χ0) is 35.2. The summed E-state index contributed by atoms with van der Waals surface area (Å²) < 4.78 is 24.0. The molecule has 1 aromatic carbocycles. The number of allylic oxidation sites excluding steroid dienone is 3. The Morgan fingerprint density at radius 2 is 1.61 bits per heavy atom. The van der Waals surface area contributed by atoms with Crippen LogP contribution in [-0.4, -0.2) is 67.6 Å². The van der Waals surface area contributed by atoms with Gasteiger partial charge in [0.25, 0.3) is 0 Å². The lowest BCUT2D eigenvalue weighted by atomic mass is 9.33. The van der Waals surface area contributed by atoms with Crippen LogP contribution < -0.4 is 5.32 Å². The Hall–Kier alpha value is -1.96. The molecular weight excluding hydrogens is 629 g/mol. The standard InChI is InChI=1S/C42H62N2O4S/c1-28(2)31-14-19-42(43-22-23-44-24-26-49(47,48)27-25-44)21-20-40(6)33(36(31)42)12-13-35-39(5)17-15-32(29-8-10-30(11-9-29)37(45)46)38(3,4)34(39)16-18-41(35,40)7/h8-11,15,31,33-36,43H,1,12-14,16-27H2,2-7H3,(H,45,46)/t31?,33-,34+,35-,36-,39+,40-,41-,42?/m1/s1. The van der Waals surface area contributed by atoms with Gasteiger partial charge in [-0.05, 0) is 139 Å². The summed E-state index contributed by atoms with van der Waals surface area (Å²) in [5.74, 6) is 2.83. The van der Waals surface area contributed by atoms with Crippen LogP contribution in [0.1, 0.15) is 115 Å². The Kier molecular flexibility index (Phi) is 8.72. The summed E-state index contributed by atoms with van der Waals surface area (Å²) in [6, 6.07) is 7.58. The molecule has 0 bridgehead atoms. The van der Waals surface area contributed by atoms with E-state index in [1.54, 1.807) is 12.1 Å². The number of fused-ring (bicyclic) bond motifs is 7. The van der Waals surface area contributed by atoms with E-state index in [0.717, 1.165) is 19.5 Å². The molecule has 6 aliphatic rings. The van der Waals surface area contributed by atoms with Crippen LogP contribution in [0.4, 0.5) is 0 Å². The van der Waals surface area contributed by atoms with E-state index in [1.807, 2.05) is 12.1 Å². The van der Waals surface area contributed by atoms with E-state index < -0.39 is 15.8 Å². The van der Waals surface area contributed by atoms with Crippen molar-refractivity contribution in [2.45, 2.75) is 105 Å². The molecule has 2 N–H and O–H groups in total. The van der Waals surface area contributed by atoms with Crippen LogP contribution in [0.5, 0.6) is 0 Å². The lowest BCUT2D eigenvalue weighted by Gasteiger charge is -2.72. The molecule has 0 amide bonds. The van der Waals surface area contributed by atoms with Gasteiger partial charge in [0.15, 0.2) is 9.84 Å². The SMILES string of the molecule is C=C(C)C1CCC2(NCCN3CCS(=O)(=O)CC3)CC[C@]3(C)[C@H](CC[C@@H]4[C@@]5(C)CC=C(c6ccc(C(=O)O)cc6)C(C)(C)[C@@H]5CC[C@]43C)[C@@H]12. The molecule has 1 aromatic rings. The molecule has 270 valence electrons. The first-order valence-corrected chi connectivity index (χ1v) is 21.2. The highest BCUT2D eigenvalue weighted by Crippen LogP contribution is 2.76. The van der Waals surface area contributed by atoms with Crippen molar-refractivity contribution in [1.29, 1.82) is 0 Å². The van der Waals surface area contributed by atoms with Gasteiger partial charge in [-0.1, -0.05) is 65.0 Å². The van der Waals surface area contributed by atoms with Crippen LogP contribution in [0.25, 0.3) is 5.57 Å². The van der Waals surface area contributed by atoms with Crippen LogP contribution in [0, 0.1) is 51.2 Å². The first-order chi connectivity index (χ1) is 23.0. The number of aromatic carboxylic acids is 1. The maximum absolute atomic E-state index is 12.0. The Morgan fingerprint density at radius 3 is 2.27 bits per heavy atom. The van der Waals surface area contributed by atoms with Crippen molar-refractivity contribution in [2.75, 3.05) is 37.7 Å². The highest BCUT2D eigenvalue weighted by molar-refractivity contribution is 7.91. The van der Waals surface area contributed by atoms with E-state index in [4.69, 9.17) is 0 Å². The van der Waals surface area contributed by atoms with Crippen LogP contribution in [0.3, 0.4) is 0 Å². The molecule has 0 aromatic heterocycles. The molecule has 5 aliphatic carbocycles. The second-order valence-corrected chi connectivity index (χ2v) is 21.0. The summed E-state index contributed by atoms with van der Waals surface area (Å²) in [6.45, 7) is 23.0. The third-order valence-corrected chi connectivity index (χ3v) is 18.0. The fourth-order valence-electron chi connectivity index (χ4n) is 13.8. The minimum absolute atomic E-state index is 0.0114. The van der Waals surface area contributed by atoms with Crippen LogP contribution in [0.2, 0.25) is 0 Å². The number of sulfone groups is 1. The Labute approximate surface area is 296 Å². The highest BCUT2D eigenvalue weighted by atomic mass is 32.2. The molecule has 1 aliphatic heterocycles. The van der Waals surface area contributed by atoms with Crippen molar-refractivity contribution in [2.24, 2.45) is 51.2 Å². The molecule has 7 rings (SSSR count). The third-order valence-electron chi connectivity index (χ3n) is 16.4. The number of carboxylic acids is 1. The smallest absolute Gasteiger partial charge is 0.335 e. The molecule has 49 heavy (non-hydrogen) atoms. The molecule has 4 saturated carbocycles. The summed E-state index contributed by atoms with van der Waals surface area (Å²) in [6.07, 6.45) is 13.7. The summed E-state index contributed by atoms with van der Waals surface area (Å²) in [7, 11) is -2.86. The fourth-order valence-corrected chi connectivity index (χ4v) is 15.1. The molecule has 7 heteroatoms. The van der Waals surface area contributed by atoms with Crippen molar-refractivity contribution in [3.8, 4) is 0 Å². The number of nitrogens with zero attached hydrogens (tertiary/aromatic N) is 1. The maximum Gasteiger partial charge on any atom is 0.335 e. The second kappa shape index (κ2) is 12.0. The molecule has 0 radical (unpaired) electrons. The molecule has 2 unspecified atom stereocenters. The molecule has 6 nitrogen and oxygen atoms in total. The summed E-state index contributed by atoms with van der Waals surface area (Å²) in [5, 5.41) is 13.7. The summed E-state index contributed by atoms with van der Waals surface area (Å²) in [5.41, 5.74) is 5.23. The lowest BCUT2D eigenvalue weighted by molar-refractivity contribution is -0.219. The number of nitrogens with one attached hydrogen (secondary N) is 1. The van der Waals surface area contributed by atoms with E-state index in [0.29, 0.717) is 59.7 Å². The number of carbonyl (C=O) groups is 1. The van der Waals surface area contributed by atoms with Crippen molar-refractivity contribution in [1.82, 2.24) is 10.2 Å². The molecule has 1 saturated heterocycles. The van der Waals surface area contributed by atoms with Gasteiger partial charge in [-0.3, -0.25) is 0 Å². The molecular formula is C42H62N2O4S. The Bertz CT molecular complexity index is 1620. The normalized spacial score (nSPS) is 42.6. The van der Waals surface area contributed by atoms with Crippen molar-refractivity contribution >= 4 is 21.4 Å². The molecule has 9 atom stereocenters. The van der Waals surface area contributed by atoms with Crippen LogP contribution >= 0.6 is 0 Å². The zero-order valence-electron chi connectivity index (χ0n) is 31.1. The number of hydrogen-bond acceptors (Lipinski definition) is 5. The van der Waals surface area contributed by atoms with Gasteiger partial charge < -0.3 is 15.3 Å². The van der Waals surface area contributed by atoms with Crippen molar-refractivity contribution in [3.63, 3.8) is 0 Å². The third kappa shape index (κ3) is 5.45.